The number of hydrogen-bond donors (Lipinski definition) is 7. The average molecular weight is 931 g/mol. The summed E-state index contributed by atoms with van der Waals surface area (Å²) < 4.78 is 55.4. The quantitative estimate of drug-likeness (QED) is 0.0409. The minimum absolute atomic E-state index is 0.0124. The number of aliphatic hydroxyl groups is 7. The summed E-state index contributed by atoms with van der Waals surface area (Å²) in [5.41, 5.74) is 0. The van der Waals surface area contributed by atoms with Gasteiger partial charge >= 0.3 is 11.9 Å². The number of alkyl halides is 1. The summed E-state index contributed by atoms with van der Waals surface area (Å²) in [4.78, 5) is 24.9. The van der Waals surface area contributed by atoms with Crippen LogP contribution in [-0.4, -0.2) is 181 Å². The molecule has 0 radical (unpaired) electrons. The van der Waals surface area contributed by atoms with Crippen LogP contribution in [0.3, 0.4) is 0 Å². The van der Waals surface area contributed by atoms with Gasteiger partial charge in [-0.3, -0.25) is 9.59 Å². The lowest BCUT2D eigenvalue weighted by atomic mass is 9.95. The molecule has 2 aromatic rings. The highest BCUT2D eigenvalue weighted by Crippen LogP contribution is 2.40. The molecule has 3 heterocycles. The lowest BCUT2D eigenvalue weighted by molar-refractivity contribution is -0.385. The van der Waals surface area contributed by atoms with Crippen LogP contribution in [0.1, 0.15) is 53.4 Å². The van der Waals surface area contributed by atoms with Gasteiger partial charge in [-0.2, -0.15) is 0 Å². The Labute approximate surface area is 372 Å². The van der Waals surface area contributed by atoms with Crippen LogP contribution in [0.5, 0.6) is 0 Å². The minimum Gasteiger partial charge on any atom is -0.469 e. The van der Waals surface area contributed by atoms with Gasteiger partial charge in [-0.1, -0.05) is 87.9 Å². The predicted octanol–water partition coefficient (Wildman–Crippen LogP) is -0.414. The van der Waals surface area contributed by atoms with Crippen molar-refractivity contribution in [1.29, 1.82) is 0 Å². The van der Waals surface area contributed by atoms with Gasteiger partial charge in [0.15, 0.2) is 25.0 Å². The Morgan fingerprint density at radius 3 is 1.79 bits per heavy atom. The van der Waals surface area contributed by atoms with Gasteiger partial charge in [-0.15, -0.1) is 11.6 Å². The van der Waals surface area contributed by atoms with E-state index in [9.17, 15) is 45.3 Å². The normalized spacial score (nSPS) is 34.0. The van der Waals surface area contributed by atoms with Crippen LogP contribution in [0.25, 0.3) is 0 Å². The molecule has 63 heavy (non-hydrogen) atoms. The third kappa shape index (κ3) is 12.0. The molecule has 18 nitrogen and oxygen atoms in total. The molecule has 15 atom stereocenters. The van der Waals surface area contributed by atoms with Gasteiger partial charge in [0, 0.05) is 13.0 Å². The monoisotopic (exact) mass is 930 g/mol. The fourth-order valence-corrected chi connectivity index (χ4v) is 12.8. The molecule has 0 unspecified atom stereocenters. The molecule has 354 valence electrons. The van der Waals surface area contributed by atoms with Gasteiger partial charge in [-0.25, -0.2) is 0 Å². The highest BCUT2D eigenvalue weighted by atomic mass is 35.5. The first-order valence-electron chi connectivity index (χ1n) is 21.1. The largest absolute Gasteiger partial charge is 0.469 e. The second-order valence-corrected chi connectivity index (χ2v) is 21.5. The summed E-state index contributed by atoms with van der Waals surface area (Å²) in [6.45, 7) is 6.56. The second kappa shape index (κ2) is 23.2. The van der Waals surface area contributed by atoms with E-state index in [0.29, 0.717) is 19.3 Å². The third-order valence-electron chi connectivity index (χ3n) is 11.6. The fraction of sp³-hybridized carbons (Fsp3) is 0.674. The van der Waals surface area contributed by atoms with Gasteiger partial charge in [0.1, 0.15) is 66.9 Å². The van der Waals surface area contributed by atoms with Crippen molar-refractivity contribution >= 4 is 42.2 Å². The summed E-state index contributed by atoms with van der Waals surface area (Å²) in [6, 6.07) is 19.4. The number of carbonyl (C=O) groups is 2. The summed E-state index contributed by atoms with van der Waals surface area (Å²) in [7, 11) is -2.06. The number of halogens is 1. The van der Waals surface area contributed by atoms with Crippen LogP contribution in [0, 0.1) is 0 Å². The van der Waals surface area contributed by atoms with Gasteiger partial charge in [0.05, 0.1) is 26.4 Å². The smallest absolute Gasteiger partial charge is 0.321 e. The van der Waals surface area contributed by atoms with Crippen LogP contribution in [0.15, 0.2) is 60.7 Å². The second-order valence-electron chi connectivity index (χ2n) is 16.9. The number of esters is 2. The molecule has 0 bridgehead atoms. The van der Waals surface area contributed by atoms with Crippen molar-refractivity contribution < 1.29 is 87.7 Å². The van der Waals surface area contributed by atoms with E-state index in [1.54, 1.807) is 0 Å². The number of carbonyl (C=O) groups excluding carboxylic acids is 2. The Kier molecular flexibility index (Phi) is 18.9. The van der Waals surface area contributed by atoms with Crippen molar-refractivity contribution in [3.05, 3.63) is 60.7 Å². The summed E-state index contributed by atoms with van der Waals surface area (Å²) in [6.07, 6.45) is -22.5. The number of hydrogen-bond acceptors (Lipinski definition) is 18. The van der Waals surface area contributed by atoms with Crippen molar-refractivity contribution in [3.63, 3.8) is 0 Å². The molecule has 2 aromatic carbocycles. The summed E-state index contributed by atoms with van der Waals surface area (Å²) >= 11 is 5.96. The number of ether oxygens (including phenoxy) is 8. The van der Waals surface area contributed by atoms with Crippen molar-refractivity contribution in [2.75, 3.05) is 32.8 Å². The van der Waals surface area contributed by atoms with E-state index in [1.807, 2.05) is 60.7 Å². The number of aliphatic hydroxyl groups excluding tert-OH is 7. The molecule has 0 amide bonds. The Morgan fingerprint density at radius 2 is 1.24 bits per heavy atom. The minimum atomic E-state index is -3.36. The first kappa shape index (κ1) is 51.3. The molecule has 0 spiro atoms. The Morgan fingerprint density at radius 1 is 0.683 bits per heavy atom. The third-order valence-corrected chi connectivity index (χ3v) is 16.8. The van der Waals surface area contributed by atoms with Crippen molar-refractivity contribution in [3.8, 4) is 0 Å². The zero-order valence-electron chi connectivity index (χ0n) is 36.1. The van der Waals surface area contributed by atoms with Crippen LogP contribution in [-0.2, 0) is 51.9 Å². The van der Waals surface area contributed by atoms with E-state index < -0.39 is 124 Å². The zero-order valence-corrected chi connectivity index (χ0v) is 37.8. The van der Waals surface area contributed by atoms with Crippen molar-refractivity contribution in [1.82, 2.24) is 0 Å². The van der Waals surface area contributed by atoms with E-state index in [4.69, 9.17) is 53.9 Å². The van der Waals surface area contributed by atoms with Crippen LogP contribution in [0.4, 0.5) is 0 Å². The summed E-state index contributed by atoms with van der Waals surface area (Å²) in [5, 5.41) is 76.6. The molecular formula is C43H63ClO18Si. The number of unbranched alkanes of at least 4 members (excludes halogenated alkanes) is 2. The molecule has 3 saturated heterocycles. The maximum Gasteiger partial charge on any atom is 0.321 e. The van der Waals surface area contributed by atoms with E-state index in [0.717, 1.165) is 10.4 Å². The van der Waals surface area contributed by atoms with E-state index in [-0.39, 0.29) is 25.6 Å². The van der Waals surface area contributed by atoms with Crippen LogP contribution >= 0.6 is 11.6 Å². The molecule has 3 fully saturated rings. The summed E-state index contributed by atoms with van der Waals surface area (Å²) in [5.74, 6) is -1.95. The van der Waals surface area contributed by atoms with Gasteiger partial charge in [0.25, 0.3) is 8.32 Å². The fourth-order valence-electron chi connectivity index (χ4n) is 8.21. The molecule has 5 rings (SSSR count). The molecule has 0 saturated carbocycles. The Balaban J connectivity index is 1.63. The topological polar surface area (TPSA) is 259 Å². The van der Waals surface area contributed by atoms with Gasteiger partial charge in [-0.05, 0) is 35.2 Å². The molecule has 0 aliphatic carbocycles. The Hall–Kier alpha value is -2.67. The molecule has 3 aliphatic rings. The molecule has 3 aliphatic heterocycles. The average Bonchev–Trinajstić information content (AvgIpc) is 3.27. The highest BCUT2D eigenvalue weighted by Gasteiger charge is 2.57. The maximum absolute atomic E-state index is 13.1. The zero-order chi connectivity index (χ0) is 46.1. The highest BCUT2D eigenvalue weighted by molar-refractivity contribution is 6.99. The first-order chi connectivity index (χ1) is 30.0. The van der Waals surface area contributed by atoms with E-state index in [2.05, 4.69) is 20.8 Å². The molecule has 7 N–H and O–H groups in total. The molecular weight excluding hydrogens is 868 g/mol. The predicted molar refractivity (Wildman–Crippen MR) is 225 cm³/mol. The van der Waals surface area contributed by atoms with Crippen molar-refractivity contribution in [2.45, 2.75) is 151 Å². The van der Waals surface area contributed by atoms with Crippen LogP contribution < -0.4 is 10.4 Å². The number of benzene rings is 2. The van der Waals surface area contributed by atoms with Crippen LogP contribution in [0.2, 0.25) is 5.04 Å². The number of methoxy groups -OCH3 is 1. The molecule has 20 heteroatoms. The van der Waals surface area contributed by atoms with E-state index in [1.165, 1.54) is 14.0 Å². The number of rotatable bonds is 19. The lowest BCUT2D eigenvalue weighted by Crippen LogP contribution is -2.70. The van der Waals surface area contributed by atoms with Gasteiger partial charge in [0.2, 0.25) is 0 Å². The van der Waals surface area contributed by atoms with E-state index >= 15 is 0 Å². The Bertz CT molecular complexity index is 1670. The molecule has 0 aromatic heterocycles. The SMILES string of the molecule is COC(=O)CCCCCO[C@@H]1O[C@H](CO[Si](c2ccccc2)(c2ccccc2)C(C)(C)C)[C@H](O[C@@H]2O[C@H](CO)[C@H](O)[C@H](O)[C@H]2O)[C@H](O[C@@H]2O[C@@H](C)[C@@H](O)[C@@H](O)[C@@H]2O)[C@H]1OC(=O)CCl. The van der Waals surface area contributed by atoms with Crippen molar-refractivity contribution in [2.24, 2.45) is 0 Å². The van der Waals surface area contributed by atoms with Gasteiger partial charge < -0.3 is 78.1 Å². The maximum atomic E-state index is 13.1. The standard InChI is InChI=1S/C43H63ClO18Si/c1-24-31(48)33(50)35(52)40(57-24)62-38-37(61-41-36(53)34(51)32(49)27(22-45)58-41)28(59-42(39(38)60-30(47)21-44)55-20-14-8-13-19-29(46)54-5)23-56-63(43(2,3)4,25-15-9-6-10-16-25)26-17-11-7-12-18-26/h6-7,9-12,15-18,24,27-28,31-42,45,48-53H,8,13-14,19-23H2,1-5H3/t24-,27+,28+,31+,32-,33+,34-,35-,36+,37-,38-,39+,40-,41-,42+/m0/s1. The first-order valence-corrected chi connectivity index (χ1v) is 23.6. The lowest BCUT2D eigenvalue weighted by Gasteiger charge is -2.50.